The Morgan fingerprint density at radius 2 is 2.42 bits per heavy atom. The van der Waals surface area contributed by atoms with Crippen molar-refractivity contribution in [2.24, 2.45) is 5.92 Å². The first-order valence-electron chi connectivity index (χ1n) is 4.03. The maximum absolute atomic E-state index is 10.6. The smallest absolute Gasteiger partial charge is 0.407 e. The van der Waals surface area contributed by atoms with Gasteiger partial charge < -0.3 is 15.1 Å². The van der Waals surface area contributed by atoms with Crippen LogP contribution >= 0.6 is 0 Å². The van der Waals surface area contributed by atoms with Crippen molar-refractivity contribution in [3.8, 4) is 0 Å². The van der Waals surface area contributed by atoms with E-state index in [0.29, 0.717) is 19.5 Å². The number of hydrogen-bond acceptors (Lipinski definition) is 2. The molecule has 2 aliphatic rings. The lowest BCUT2D eigenvalue weighted by molar-refractivity contribution is 0.149. The van der Waals surface area contributed by atoms with Crippen LogP contribution in [0.5, 0.6) is 0 Å². The van der Waals surface area contributed by atoms with E-state index in [1.165, 1.54) is 4.90 Å². The summed E-state index contributed by atoms with van der Waals surface area (Å²) in [7, 11) is 0. The second kappa shape index (κ2) is 2.48. The van der Waals surface area contributed by atoms with Gasteiger partial charge in [-0.15, -0.1) is 0 Å². The van der Waals surface area contributed by atoms with Crippen LogP contribution in [0.2, 0.25) is 0 Å². The fraction of sp³-hybridized carbons (Fsp3) is 0.625. The van der Waals surface area contributed by atoms with Crippen LogP contribution in [0.3, 0.4) is 0 Å². The fourth-order valence-corrected chi connectivity index (χ4v) is 1.96. The topological polar surface area (TPSA) is 60.8 Å². The molecule has 1 heterocycles. The summed E-state index contributed by atoms with van der Waals surface area (Å²) in [5, 5.41) is 17.9. The van der Waals surface area contributed by atoms with Crippen LogP contribution < -0.4 is 0 Å². The molecular formula is C8H11NO3. The maximum Gasteiger partial charge on any atom is 0.407 e. The van der Waals surface area contributed by atoms with Gasteiger partial charge in [-0.25, -0.2) is 4.79 Å². The molecule has 0 aromatic carbocycles. The first kappa shape index (κ1) is 7.61. The van der Waals surface area contributed by atoms with Crippen LogP contribution in [-0.2, 0) is 0 Å². The van der Waals surface area contributed by atoms with E-state index in [2.05, 4.69) is 0 Å². The third-order valence-corrected chi connectivity index (χ3v) is 2.54. The number of hydrogen-bond donors (Lipinski definition) is 2. The standard InChI is InChI=1S/C8H11NO3/c10-7-1-5-3-9(8(11)12)4-6(5)2-7/h1,6-7,10H,2-4H2,(H,11,12)/t6-,7+/m0/s1. The Bertz CT molecular complexity index is 249. The molecule has 66 valence electrons. The number of aliphatic hydroxyl groups excluding tert-OH is 1. The molecule has 0 saturated carbocycles. The van der Waals surface area contributed by atoms with Crippen molar-refractivity contribution in [2.75, 3.05) is 13.1 Å². The summed E-state index contributed by atoms with van der Waals surface area (Å²) in [6.07, 6.45) is 1.27. The minimum absolute atomic E-state index is 0.274. The minimum atomic E-state index is -0.861. The molecule has 0 spiro atoms. The van der Waals surface area contributed by atoms with Crippen molar-refractivity contribution in [3.63, 3.8) is 0 Å². The number of rotatable bonds is 0. The maximum atomic E-state index is 10.6. The molecule has 0 aromatic rings. The van der Waals surface area contributed by atoms with E-state index in [1.807, 2.05) is 0 Å². The van der Waals surface area contributed by atoms with E-state index in [9.17, 15) is 9.90 Å². The minimum Gasteiger partial charge on any atom is -0.465 e. The first-order chi connectivity index (χ1) is 5.66. The van der Waals surface area contributed by atoms with Crippen LogP contribution in [0.15, 0.2) is 11.6 Å². The molecular weight excluding hydrogens is 158 g/mol. The highest BCUT2D eigenvalue weighted by Gasteiger charge is 2.35. The third kappa shape index (κ3) is 1.08. The molecule has 12 heavy (non-hydrogen) atoms. The summed E-state index contributed by atoms with van der Waals surface area (Å²) >= 11 is 0. The average Bonchev–Trinajstić information content (AvgIpc) is 2.42. The lowest BCUT2D eigenvalue weighted by Crippen LogP contribution is -2.27. The zero-order valence-corrected chi connectivity index (χ0v) is 6.60. The summed E-state index contributed by atoms with van der Waals surface area (Å²) in [6, 6.07) is 0. The molecule has 1 aliphatic heterocycles. The molecule has 2 atom stereocenters. The van der Waals surface area contributed by atoms with E-state index in [1.54, 1.807) is 6.08 Å². The highest BCUT2D eigenvalue weighted by atomic mass is 16.4. The Balaban J connectivity index is 2.09. The van der Waals surface area contributed by atoms with Crippen LogP contribution in [0.25, 0.3) is 0 Å². The predicted molar refractivity (Wildman–Crippen MR) is 41.8 cm³/mol. The number of fused-ring (bicyclic) bond motifs is 1. The Morgan fingerprint density at radius 3 is 3.00 bits per heavy atom. The summed E-state index contributed by atoms with van der Waals surface area (Å²) in [5.74, 6) is 0.274. The average molecular weight is 169 g/mol. The molecule has 1 amide bonds. The molecule has 4 nitrogen and oxygen atoms in total. The predicted octanol–water partition coefficient (Wildman–Crippen LogP) is 0.287. The molecule has 4 heteroatoms. The molecule has 2 N–H and O–H groups in total. The van der Waals surface area contributed by atoms with Crippen LogP contribution in [0.1, 0.15) is 6.42 Å². The monoisotopic (exact) mass is 169 g/mol. The molecule has 0 bridgehead atoms. The zero-order chi connectivity index (χ0) is 8.72. The lowest BCUT2D eigenvalue weighted by Gasteiger charge is -2.11. The largest absolute Gasteiger partial charge is 0.465 e. The van der Waals surface area contributed by atoms with Crippen molar-refractivity contribution in [3.05, 3.63) is 11.6 Å². The molecule has 2 rings (SSSR count). The highest BCUT2D eigenvalue weighted by molar-refractivity contribution is 5.66. The summed E-state index contributed by atoms with van der Waals surface area (Å²) in [4.78, 5) is 11.9. The molecule has 1 aliphatic carbocycles. The van der Waals surface area contributed by atoms with E-state index >= 15 is 0 Å². The molecule has 0 unspecified atom stereocenters. The van der Waals surface area contributed by atoms with Gasteiger partial charge in [0, 0.05) is 19.0 Å². The van der Waals surface area contributed by atoms with E-state index < -0.39 is 6.09 Å². The Hall–Kier alpha value is -1.03. The fourth-order valence-electron chi connectivity index (χ4n) is 1.96. The van der Waals surface area contributed by atoms with Gasteiger partial charge in [-0.3, -0.25) is 0 Å². The normalized spacial score (nSPS) is 33.4. The number of nitrogens with zero attached hydrogens (tertiary/aromatic N) is 1. The van der Waals surface area contributed by atoms with Gasteiger partial charge in [0.05, 0.1) is 6.10 Å². The van der Waals surface area contributed by atoms with E-state index in [-0.39, 0.29) is 12.0 Å². The zero-order valence-electron chi connectivity index (χ0n) is 6.60. The lowest BCUT2D eigenvalue weighted by atomic mass is 10.1. The van der Waals surface area contributed by atoms with Crippen LogP contribution in [0, 0.1) is 5.92 Å². The number of likely N-dealkylation sites (tertiary alicyclic amines) is 1. The second-order valence-corrected chi connectivity index (χ2v) is 3.40. The van der Waals surface area contributed by atoms with Gasteiger partial charge in [0.2, 0.25) is 0 Å². The third-order valence-electron chi connectivity index (χ3n) is 2.54. The van der Waals surface area contributed by atoms with Crippen LogP contribution in [0.4, 0.5) is 4.79 Å². The Morgan fingerprint density at radius 1 is 1.67 bits per heavy atom. The number of carboxylic acid groups (broad SMARTS) is 1. The van der Waals surface area contributed by atoms with Gasteiger partial charge in [0.1, 0.15) is 0 Å². The number of amides is 1. The van der Waals surface area contributed by atoms with Crippen molar-refractivity contribution in [2.45, 2.75) is 12.5 Å². The van der Waals surface area contributed by atoms with Crippen molar-refractivity contribution < 1.29 is 15.0 Å². The highest BCUT2D eigenvalue weighted by Crippen LogP contribution is 2.32. The summed E-state index contributed by atoms with van der Waals surface area (Å²) < 4.78 is 0. The molecule has 0 aromatic heterocycles. The molecule has 0 radical (unpaired) electrons. The number of carbonyl (C=O) groups is 1. The van der Waals surface area contributed by atoms with E-state index in [0.717, 1.165) is 5.57 Å². The van der Waals surface area contributed by atoms with E-state index in [4.69, 9.17) is 5.11 Å². The molecule has 1 fully saturated rings. The number of aliphatic hydroxyl groups is 1. The van der Waals surface area contributed by atoms with Crippen LogP contribution in [-0.4, -0.2) is 40.4 Å². The second-order valence-electron chi connectivity index (χ2n) is 3.40. The van der Waals surface area contributed by atoms with Crippen molar-refractivity contribution >= 4 is 6.09 Å². The summed E-state index contributed by atoms with van der Waals surface area (Å²) in [6.45, 7) is 1.04. The quantitative estimate of drug-likeness (QED) is 0.512. The Kier molecular flexibility index (Phi) is 1.58. The van der Waals surface area contributed by atoms with Gasteiger partial charge in [-0.2, -0.15) is 0 Å². The van der Waals surface area contributed by atoms with Crippen molar-refractivity contribution in [1.29, 1.82) is 0 Å². The SMILES string of the molecule is O=C(O)N1CC2=C[C@@H](O)C[C@H]2C1. The first-order valence-corrected chi connectivity index (χ1v) is 4.03. The van der Waals surface area contributed by atoms with Gasteiger partial charge in [0.25, 0.3) is 0 Å². The Labute approximate surface area is 70.1 Å². The molecule has 1 saturated heterocycles. The van der Waals surface area contributed by atoms with Gasteiger partial charge in [-0.1, -0.05) is 6.08 Å². The summed E-state index contributed by atoms with van der Waals surface area (Å²) in [5.41, 5.74) is 1.09. The van der Waals surface area contributed by atoms with Gasteiger partial charge in [-0.05, 0) is 12.0 Å². The van der Waals surface area contributed by atoms with Gasteiger partial charge >= 0.3 is 6.09 Å². The van der Waals surface area contributed by atoms with Gasteiger partial charge in [0.15, 0.2) is 0 Å². The van der Waals surface area contributed by atoms with Crippen molar-refractivity contribution in [1.82, 2.24) is 4.90 Å².